The molecule has 8 heteroatoms. The molecule has 0 amide bonds. The molecule has 2 saturated heterocycles. The van der Waals surface area contributed by atoms with E-state index in [2.05, 4.69) is 20.4 Å². The van der Waals surface area contributed by atoms with Crippen LogP contribution in [0, 0.1) is 0 Å². The van der Waals surface area contributed by atoms with Crippen molar-refractivity contribution < 1.29 is 9.94 Å². The number of para-hydroxylation sites is 1. The van der Waals surface area contributed by atoms with Gasteiger partial charge < -0.3 is 20.2 Å². The van der Waals surface area contributed by atoms with Crippen LogP contribution in [0.4, 0.5) is 5.69 Å². The number of aromatic nitrogens is 1. The molecule has 0 spiro atoms. The first-order chi connectivity index (χ1) is 15.2. The summed E-state index contributed by atoms with van der Waals surface area (Å²) in [5.74, 6) is 0.0390. The van der Waals surface area contributed by atoms with E-state index in [0.717, 1.165) is 41.8 Å². The molecule has 2 atom stereocenters. The Morgan fingerprint density at radius 1 is 1.26 bits per heavy atom. The number of aromatic amines is 1. The molecule has 6 rings (SSSR count). The molecule has 3 N–H and O–H groups in total. The summed E-state index contributed by atoms with van der Waals surface area (Å²) in [6, 6.07) is 14.5. The van der Waals surface area contributed by atoms with Crippen molar-refractivity contribution in [3.05, 3.63) is 58.6 Å². The van der Waals surface area contributed by atoms with Crippen LogP contribution < -0.4 is 5.32 Å². The lowest BCUT2D eigenvalue weighted by atomic mass is 10.0. The number of piperazine rings is 1. The highest BCUT2D eigenvalue weighted by molar-refractivity contribution is 6.58. The highest BCUT2D eigenvalue weighted by Crippen LogP contribution is 2.36. The van der Waals surface area contributed by atoms with Crippen molar-refractivity contribution in [3.8, 4) is 5.88 Å². The standard InChI is InChI=1S/C23H22ClN5O2/c24-13-5-6-19-17(9-13)20(23(30)27-19)22-21(16-3-1-2-4-18(16)26-22)28-31-8-7-29-12-14-10-15(29)11-25-14/h1-6,9,14-15,25,27,30H,7-8,10-12H2/b28-21+/t14-,15-/m1/s1. The number of benzene rings is 2. The molecule has 1 aromatic heterocycles. The van der Waals surface area contributed by atoms with Gasteiger partial charge in [0.2, 0.25) is 0 Å². The number of likely N-dealkylation sites (tertiary alicyclic amines) is 1. The first kappa shape index (κ1) is 18.9. The molecule has 2 fully saturated rings. The summed E-state index contributed by atoms with van der Waals surface area (Å²) < 4.78 is 0. The van der Waals surface area contributed by atoms with E-state index < -0.39 is 0 Å². The summed E-state index contributed by atoms with van der Waals surface area (Å²) in [5.41, 5.74) is 4.26. The Balaban J connectivity index is 1.31. The van der Waals surface area contributed by atoms with Crippen molar-refractivity contribution in [2.24, 2.45) is 10.1 Å². The third kappa shape index (κ3) is 3.20. The lowest BCUT2D eigenvalue weighted by Crippen LogP contribution is -2.44. The summed E-state index contributed by atoms with van der Waals surface area (Å²) in [4.78, 5) is 16.0. The Morgan fingerprint density at radius 2 is 2.16 bits per heavy atom. The van der Waals surface area contributed by atoms with Crippen LogP contribution in [0.15, 0.2) is 52.6 Å². The van der Waals surface area contributed by atoms with Crippen molar-refractivity contribution in [1.29, 1.82) is 0 Å². The molecule has 7 nitrogen and oxygen atoms in total. The maximum Gasteiger partial charge on any atom is 0.199 e. The molecular weight excluding hydrogens is 414 g/mol. The van der Waals surface area contributed by atoms with E-state index in [0.29, 0.717) is 40.7 Å². The zero-order valence-electron chi connectivity index (χ0n) is 16.8. The number of aliphatic imine (C=N–C) groups is 1. The predicted octanol–water partition coefficient (Wildman–Crippen LogP) is 3.43. The van der Waals surface area contributed by atoms with Crippen LogP contribution in [0.25, 0.3) is 10.9 Å². The molecule has 4 heterocycles. The van der Waals surface area contributed by atoms with Crippen LogP contribution in [0.3, 0.4) is 0 Å². The van der Waals surface area contributed by atoms with Gasteiger partial charge in [0.05, 0.1) is 11.3 Å². The Kier molecular flexibility index (Phi) is 4.49. The fraction of sp³-hybridized carbons (Fsp3) is 0.304. The molecular formula is C23H22ClN5O2. The molecule has 2 aromatic carbocycles. The minimum Gasteiger partial charge on any atom is -0.494 e. The Hall–Kier alpha value is -2.87. The summed E-state index contributed by atoms with van der Waals surface area (Å²) in [6.45, 7) is 3.49. The largest absolute Gasteiger partial charge is 0.494 e. The SMILES string of the molecule is Oc1[nH]c2ccc(Cl)cc2c1C1=Nc2ccccc2/C1=N\OCCN1C[C@H]2C[C@@H]1CN2. The molecule has 3 aromatic rings. The van der Waals surface area contributed by atoms with Gasteiger partial charge in [0, 0.05) is 53.2 Å². The fourth-order valence-electron chi connectivity index (χ4n) is 4.92. The molecule has 158 valence electrons. The third-order valence-electron chi connectivity index (χ3n) is 6.39. The number of halogens is 1. The smallest absolute Gasteiger partial charge is 0.199 e. The number of hydrogen-bond acceptors (Lipinski definition) is 6. The van der Waals surface area contributed by atoms with Gasteiger partial charge in [-0.3, -0.25) is 4.90 Å². The monoisotopic (exact) mass is 435 g/mol. The van der Waals surface area contributed by atoms with Crippen molar-refractivity contribution in [2.45, 2.75) is 18.5 Å². The maximum atomic E-state index is 10.7. The quantitative estimate of drug-likeness (QED) is 0.423. The van der Waals surface area contributed by atoms with E-state index in [4.69, 9.17) is 21.4 Å². The summed E-state index contributed by atoms with van der Waals surface area (Å²) in [5, 5.41) is 20.1. The van der Waals surface area contributed by atoms with E-state index in [-0.39, 0.29) is 5.88 Å². The molecule has 2 bridgehead atoms. The number of fused-ring (bicyclic) bond motifs is 4. The van der Waals surface area contributed by atoms with Gasteiger partial charge in [-0.2, -0.15) is 0 Å². The average molecular weight is 436 g/mol. The van der Waals surface area contributed by atoms with Crippen LogP contribution in [0.5, 0.6) is 5.88 Å². The molecule has 0 aliphatic carbocycles. The van der Waals surface area contributed by atoms with E-state index in [1.165, 1.54) is 6.42 Å². The Labute approximate surface area is 184 Å². The topological polar surface area (TPSA) is 85.2 Å². The third-order valence-corrected chi connectivity index (χ3v) is 6.62. The zero-order chi connectivity index (χ0) is 20.9. The molecule has 0 radical (unpaired) electrons. The van der Waals surface area contributed by atoms with E-state index in [1.807, 2.05) is 36.4 Å². The normalized spacial score (nSPS) is 23.6. The zero-order valence-corrected chi connectivity index (χ0v) is 17.6. The average Bonchev–Trinajstić information content (AvgIpc) is 3.52. The second-order valence-corrected chi connectivity index (χ2v) is 8.72. The first-order valence-electron chi connectivity index (χ1n) is 10.5. The van der Waals surface area contributed by atoms with Gasteiger partial charge >= 0.3 is 0 Å². The van der Waals surface area contributed by atoms with Gasteiger partial charge in [-0.15, -0.1) is 0 Å². The van der Waals surface area contributed by atoms with Crippen LogP contribution >= 0.6 is 11.6 Å². The van der Waals surface area contributed by atoms with E-state index >= 15 is 0 Å². The summed E-state index contributed by atoms with van der Waals surface area (Å²) in [6.07, 6.45) is 1.22. The number of oxime groups is 1. The number of nitrogens with zero attached hydrogens (tertiary/aromatic N) is 3. The van der Waals surface area contributed by atoms with E-state index in [1.54, 1.807) is 6.07 Å². The molecule has 31 heavy (non-hydrogen) atoms. The first-order valence-corrected chi connectivity index (χ1v) is 10.9. The second-order valence-electron chi connectivity index (χ2n) is 8.28. The van der Waals surface area contributed by atoms with Gasteiger partial charge in [-0.05, 0) is 30.7 Å². The molecule has 0 saturated carbocycles. The van der Waals surface area contributed by atoms with Gasteiger partial charge in [0.25, 0.3) is 0 Å². The van der Waals surface area contributed by atoms with Crippen molar-refractivity contribution >= 4 is 39.6 Å². The van der Waals surface area contributed by atoms with E-state index in [9.17, 15) is 5.11 Å². The number of nitrogens with one attached hydrogen (secondary N) is 2. The number of aromatic hydroxyl groups is 1. The van der Waals surface area contributed by atoms with Crippen molar-refractivity contribution in [3.63, 3.8) is 0 Å². The number of rotatable bonds is 5. The Bertz CT molecular complexity index is 1230. The van der Waals surface area contributed by atoms with Gasteiger partial charge in [-0.25, -0.2) is 4.99 Å². The van der Waals surface area contributed by atoms with Gasteiger partial charge in [0.1, 0.15) is 18.0 Å². The van der Waals surface area contributed by atoms with Crippen LogP contribution in [0.2, 0.25) is 5.02 Å². The van der Waals surface area contributed by atoms with Gasteiger partial charge in [-0.1, -0.05) is 35.0 Å². The molecule has 3 aliphatic heterocycles. The maximum absolute atomic E-state index is 10.7. The van der Waals surface area contributed by atoms with Crippen molar-refractivity contribution in [1.82, 2.24) is 15.2 Å². The molecule has 0 unspecified atom stereocenters. The highest BCUT2D eigenvalue weighted by atomic mass is 35.5. The summed E-state index contributed by atoms with van der Waals surface area (Å²) in [7, 11) is 0. The van der Waals surface area contributed by atoms with Crippen LogP contribution in [-0.2, 0) is 4.84 Å². The van der Waals surface area contributed by atoms with Crippen LogP contribution in [-0.4, -0.2) is 64.7 Å². The highest BCUT2D eigenvalue weighted by Gasteiger charge is 2.37. The lowest BCUT2D eigenvalue weighted by Gasteiger charge is -2.26. The van der Waals surface area contributed by atoms with Crippen LogP contribution in [0.1, 0.15) is 17.5 Å². The number of hydrogen-bond donors (Lipinski definition) is 3. The lowest BCUT2D eigenvalue weighted by molar-refractivity contribution is 0.101. The predicted molar refractivity (Wildman–Crippen MR) is 122 cm³/mol. The Morgan fingerprint density at radius 3 is 3.00 bits per heavy atom. The van der Waals surface area contributed by atoms with Gasteiger partial charge in [0.15, 0.2) is 5.88 Å². The minimum absolute atomic E-state index is 0.0390. The summed E-state index contributed by atoms with van der Waals surface area (Å²) >= 11 is 6.22. The molecule has 3 aliphatic rings. The van der Waals surface area contributed by atoms with Crippen molar-refractivity contribution in [2.75, 3.05) is 26.2 Å². The fourth-order valence-corrected chi connectivity index (χ4v) is 5.09. The second kappa shape index (κ2) is 7.37. The minimum atomic E-state index is 0.0390. The number of H-pyrrole nitrogens is 1.